The molecule has 0 saturated heterocycles. The molecule has 0 aromatic carbocycles. The predicted molar refractivity (Wildman–Crippen MR) is 53.4 cm³/mol. The van der Waals surface area contributed by atoms with Gasteiger partial charge in [0.25, 0.3) is 0 Å². The van der Waals surface area contributed by atoms with Gasteiger partial charge in [0, 0.05) is 6.42 Å². The monoisotopic (exact) mass is 230 g/mol. The molecule has 1 N–H and O–H groups in total. The molecule has 0 aliphatic heterocycles. The Hall–Kier alpha value is -1.69. The number of allylic oxidation sites excluding steroid dienone is 1. The maximum absolute atomic E-state index is 11.0. The van der Waals surface area contributed by atoms with Gasteiger partial charge in [-0.15, -0.1) is 0 Å². The van der Waals surface area contributed by atoms with Crippen LogP contribution in [0.15, 0.2) is 12.2 Å². The van der Waals surface area contributed by atoms with Crippen LogP contribution in [0.5, 0.6) is 0 Å². The lowest BCUT2D eigenvalue weighted by molar-refractivity contribution is -0.272. The number of ketones is 1. The Balaban J connectivity index is 3.52. The Morgan fingerprint density at radius 2 is 1.81 bits per heavy atom. The highest BCUT2D eigenvalue weighted by Gasteiger charge is 2.08. The van der Waals surface area contributed by atoms with Crippen LogP contribution in [0.2, 0.25) is 0 Å². The summed E-state index contributed by atoms with van der Waals surface area (Å²) >= 11 is 0. The molecule has 0 saturated carbocycles. The van der Waals surface area contributed by atoms with Crippen molar-refractivity contribution in [2.24, 2.45) is 0 Å². The molecule has 0 aromatic rings. The van der Waals surface area contributed by atoms with Crippen LogP contribution in [-0.4, -0.2) is 29.4 Å². The lowest BCUT2D eigenvalue weighted by Gasteiger charge is -2.02. The van der Waals surface area contributed by atoms with E-state index in [9.17, 15) is 14.4 Å². The van der Waals surface area contributed by atoms with Gasteiger partial charge in [-0.2, -0.15) is 4.89 Å². The molecule has 0 unspecified atom stereocenters. The van der Waals surface area contributed by atoms with E-state index in [2.05, 4.69) is 16.4 Å². The van der Waals surface area contributed by atoms with Gasteiger partial charge in [0.05, 0.1) is 12.8 Å². The van der Waals surface area contributed by atoms with Crippen molar-refractivity contribution in [1.29, 1.82) is 0 Å². The van der Waals surface area contributed by atoms with Crippen molar-refractivity contribution in [3.63, 3.8) is 0 Å². The number of carbonyl (C=O) groups excluding carboxylic acids is 2. The zero-order valence-electron chi connectivity index (χ0n) is 9.02. The number of rotatable bonds is 8. The normalized spacial score (nSPS) is 9.56. The van der Waals surface area contributed by atoms with Gasteiger partial charge in [-0.05, 0) is 12.5 Å². The van der Waals surface area contributed by atoms with E-state index < -0.39 is 11.9 Å². The molecular formula is C10H14O6. The summed E-state index contributed by atoms with van der Waals surface area (Å²) in [6.07, 6.45) is -0.502. The maximum Gasteiger partial charge on any atom is 0.342 e. The quantitative estimate of drug-likeness (QED) is 0.288. The van der Waals surface area contributed by atoms with E-state index in [-0.39, 0.29) is 31.7 Å². The number of hydrogen-bond acceptors (Lipinski definition) is 5. The third kappa shape index (κ3) is 7.69. The minimum absolute atomic E-state index is 0.0650. The molecule has 0 rings (SSSR count). The smallest absolute Gasteiger partial charge is 0.342 e. The highest BCUT2D eigenvalue weighted by Crippen LogP contribution is 1.98. The van der Waals surface area contributed by atoms with Crippen LogP contribution in [-0.2, 0) is 24.2 Å². The van der Waals surface area contributed by atoms with E-state index in [4.69, 9.17) is 5.11 Å². The van der Waals surface area contributed by atoms with Crippen LogP contribution in [0.3, 0.4) is 0 Å². The van der Waals surface area contributed by atoms with Gasteiger partial charge < -0.3 is 5.11 Å². The zero-order valence-corrected chi connectivity index (χ0v) is 9.02. The molecular weight excluding hydrogens is 216 g/mol. The number of aliphatic carboxylic acids is 1. The number of Topliss-reactive ketones (excluding diaryl/α,β-unsaturated/α-hetero) is 1. The standard InChI is InChI=1S/C10H14O6/c1-7(2)8(11)5-6-15-16-10(14)4-3-9(12)13/h1,3-6H2,2H3,(H,12,13). The molecule has 0 fully saturated rings. The second kappa shape index (κ2) is 7.58. The van der Waals surface area contributed by atoms with Gasteiger partial charge in [-0.25, -0.2) is 4.79 Å². The fourth-order valence-corrected chi connectivity index (χ4v) is 0.706. The molecule has 0 heterocycles. The summed E-state index contributed by atoms with van der Waals surface area (Å²) in [5, 5.41) is 8.26. The highest BCUT2D eigenvalue weighted by atomic mass is 17.2. The van der Waals surface area contributed by atoms with Gasteiger partial charge in [0.15, 0.2) is 5.78 Å². The second-order valence-electron chi connectivity index (χ2n) is 3.12. The van der Waals surface area contributed by atoms with Crippen molar-refractivity contribution in [3.05, 3.63) is 12.2 Å². The highest BCUT2D eigenvalue weighted by molar-refractivity contribution is 5.94. The first kappa shape index (κ1) is 14.3. The molecule has 0 spiro atoms. The molecule has 0 radical (unpaired) electrons. The average molecular weight is 230 g/mol. The Bertz CT molecular complexity index is 294. The summed E-state index contributed by atoms with van der Waals surface area (Å²) < 4.78 is 0. The summed E-state index contributed by atoms with van der Waals surface area (Å²) in [7, 11) is 0. The molecule has 0 atom stereocenters. The SMILES string of the molecule is C=C(C)C(=O)CCOOC(=O)CCC(=O)O. The molecule has 0 aliphatic rings. The van der Waals surface area contributed by atoms with Gasteiger partial charge in [0.2, 0.25) is 0 Å². The summed E-state index contributed by atoms with van der Waals surface area (Å²) in [5.74, 6) is -2.04. The molecule has 0 bridgehead atoms. The number of hydrogen-bond donors (Lipinski definition) is 1. The fraction of sp³-hybridized carbons (Fsp3) is 0.500. The zero-order chi connectivity index (χ0) is 12.6. The molecule has 6 heteroatoms. The van der Waals surface area contributed by atoms with Crippen molar-refractivity contribution in [1.82, 2.24) is 0 Å². The lowest BCUT2D eigenvalue weighted by Crippen LogP contribution is -2.10. The van der Waals surface area contributed by atoms with E-state index in [1.165, 1.54) is 0 Å². The number of carbonyl (C=O) groups is 3. The summed E-state index contributed by atoms with van der Waals surface area (Å²) in [6, 6.07) is 0. The third-order valence-corrected chi connectivity index (χ3v) is 1.58. The van der Waals surface area contributed by atoms with Crippen LogP contribution in [0.1, 0.15) is 26.2 Å². The maximum atomic E-state index is 11.0. The first-order valence-electron chi connectivity index (χ1n) is 4.66. The van der Waals surface area contributed by atoms with Crippen molar-refractivity contribution in [3.8, 4) is 0 Å². The van der Waals surface area contributed by atoms with Crippen LogP contribution in [0.25, 0.3) is 0 Å². The topological polar surface area (TPSA) is 89.9 Å². The Kier molecular flexibility index (Phi) is 6.78. The van der Waals surface area contributed by atoms with E-state index in [1.807, 2.05) is 0 Å². The van der Waals surface area contributed by atoms with Crippen LogP contribution >= 0.6 is 0 Å². The summed E-state index contributed by atoms with van der Waals surface area (Å²) in [6.45, 7) is 4.95. The van der Waals surface area contributed by atoms with E-state index in [0.717, 1.165) is 0 Å². The molecule has 0 aromatic heterocycles. The summed E-state index contributed by atoms with van der Waals surface area (Å²) in [4.78, 5) is 40.6. The molecule has 16 heavy (non-hydrogen) atoms. The number of carboxylic acid groups (broad SMARTS) is 1. The van der Waals surface area contributed by atoms with Crippen LogP contribution in [0, 0.1) is 0 Å². The average Bonchev–Trinajstić information content (AvgIpc) is 2.20. The van der Waals surface area contributed by atoms with Gasteiger partial charge in [-0.1, -0.05) is 6.58 Å². The van der Waals surface area contributed by atoms with Crippen LogP contribution in [0.4, 0.5) is 0 Å². The van der Waals surface area contributed by atoms with Gasteiger partial charge >= 0.3 is 11.9 Å². The van der Waals surface area contributed by atoms with Crippen LogP contribution < -0.4 is 0 Å². The molecule has 0 amide bonds. The Morgan fingerprint density at radius 1 is 1.19 bits per heavy atom. The van der Waals surface area contributed by atoms with E-state index in [1.54, 1.807) is 6.92 Å². The molecule has 6 nitrogen and oxygen atoms in total. The lowest BCUT2D eigenvalue weighted by atomic mass is 10.2. The summed E-state index contributed by atoms with van der Waals surface area (Å²) in [5.41, 5.74) is 0.404. The van der Waals surface area contributed by atoms with Crippen molar-refractivity contribution < 1.29 is 29.3 Å². The Morgan fingerprint density at radius 3 is 2.31 bits per heavy atom. The van der Waals surface area contributed by atoms with Crippen molar-refractivity contribution in [2.75, 3.05) is 6.61 Å². The second-order valence-corrected chi connectivity index (χ2v) is 3.12. The molecule has 0 aliphatic carbocycles. The fourth-order valence-electron chi connectivity index (χ4n) is 0.706. The largest absolute Gasteiger partial charge is 0.481 e. The third-order valence-electron chi connectivity index (χ3n) is 1.58. The van der Waals surface area contributed by atoms with Gasteiger partial charge in [0.1, 0.15) is 6.61 Å². The van der Waals surface area contributed by atoms with Crippen molar-refractivity contribution in [2.45, 2.75) is 26.2 Å². The first-order chi connectivity index (χ1) is 7.43. The minimum atomic E-state index is -1.09. The van der Waals surface area contributed by atoms with E-state index in [0.29, 0.717) is 5.57 Å². The molecule has 90 valence electrons. The first-order valence-corrected chi connectivity index (χ1v) is 4.66. The Labute approximate surface area is 92.8 Å². The van der Waals surface area contributed by atoms with E-state index >= 15 is 0 Å². The number of carboxylic acids is 1. The van der Waals surface area contributed by atoms with Gasteiger partial charge in [-0.3, -0.25) is 14.5 Å². The predicted octanol–water partition coefficient (Wildman–Crippen LogP) is 0.861. The van der Waals surface area contributed by atoms with Crippen molar-refractivity contribution >= 4 is 17.7 Å². The minimum Gasteiger partial charge on any atom is -0.481 e.